The van der Waals surface area contributed by atoms with Gasteiger partial charge in [0.1, 0.15) is 0 Å². The Kier molecular flexibility index (Phi) is 4.91. The van der Waals surface area contributed by atoms with Crippen LogP contribution in [0.15, 0.2) is 0 Å². The molecule has 1 unspecified atom stereocenters. The van der Waals surface area contributed by atoms with Gasteiger partial charge in [-0.1, -0.05) is 0 Å². The monoisotopic (exact) mass is 178 g/mol. The molecule has 0 amide bonds. The summed E-state index contributed by atoms with van der Waals surface area (Å²) in [5, 5.41) is 0. The molecule has 1 rings (SSSR count). The van der Waals surface area contributed by atoms with Gasteiger partial charge in [0.15, 0.2) is 0 Å². The summed E-state index contributed by atoms with van der Waals surface area (Å²) in [5.74, 6) is 1.33. The van der Waals surface area contributed by atoms with E-state index in [1.54, 1.807) is 0 Å². The van der Waals surface area contributed by atoms with Crippen molar-refractivity contribution in [1.82, 2.24) is 0 Å². The zero-order valence-corrected chi connectivity index (χ0v) is 7.48. The van der Waals surface area contributed by atoms with Crippen molar-refractivity contribution in [1.29, 1.82) is 0 Å². The summed E-state index contributed by atoms with van der Waals surface area (Å²) in [6.45, 7) is 3.42. The minimum Gasteiger partial charge on any atom is -0.381 e. The highest BCUT2D eigenvalue weighted by Crippen LogP contribution is 2.12. The van der Waals surface area contributed by atoms with Gasteiger partial charge in [0, 0.05) is 25.0 Å². The van der Waals surface area contributed by atoms with Gasteiger partial charge in [-0.15, -0.1) is 11.6 Å². The Morgan fingerprint density at radius 2 is 2.45 bits per heavy atom. The summed E-state index contributed by atoms with van der Waals surface area (Å²) in [6, 6.07) is 0. The molecule has 2 nitrogen and oxygen atoms in total. The topological polar surface area (TPSA) is 18.5 Å². The molecule has 3 heteroatoms. The number of hydrogen-bond acceptors (Lipinski definition) is 2. The molecule has 0 aromatic rings. The minimum atomic E-state index is 0.630. The second kappa shape index (κ2) is 5.81. The van der Waals surface area contributed by atoms with Crippen LogP contribution in [0.25, 0.3) is 0 Å². The van der Waals surface area contributed by atoms with Crippen molar-refractivity contribution < 1.29 is 9.47 Å². The van der Waals surface area contributed by atoms with Crippen molar-refractivity contribution in [3.05, 3.63) is 0 Å². The maximum Gasteiger partial charge on any atom is 0.0517 e. The number of hydrogen-bond donors (Lipinski definition) is 0. The van der Waals surface area contributed by atoms with E-state index in [4.69, 9.17) is 21.1 Å². The number of ether oxygens (including phenoxy) is 2. The van der Waals surface area contributed by atoms with Crippen LogP contribution in [0.3, 0.4) is 0 Å². The first-order valence-electron chi connectivity index (χ1n) is 4.15. The van der Waals surface area contributed by atoms with Gasteiger partial charge < -0.3 is 9.47 Å². The van der Waals surface area contributed by atoms with Crippen LogP contribution in [-0.2, 0) is 9.47 Å². The van der Waals surface area contributed by atoms with Gasteiger partial charge in [-0.05, 0) is 12.8 Å². The van der Waals surface area contributed by atoms with Gasteiger partial charge in [-0.2, -0.15) is 0 Å². The average molecular weight is 179 g/mol. The molecule has 0 bridgehead atoms. The molecule has 0 saturated carbocycles. The van der Waals surface area contributed by atoms with Crippen molar-refractivity contribution in [2.75, 3.05) is 32.3 Å². The molecule has 0 N–H and O–H groups in total. The number of rotatable bonds is 5. The van der Waals surface area contributed by atoms with Gasteiger partial charge >= 0.3 is 0 Å². The van der Waals surface area contributed by atoms with Gasteiger partial charge in [-0.3, -0.25) is 0 Å². The molecular formula is C8H15ClO2. The minimum absolute atomic E-state index is 0.630. The molecule has 0 radical (unpaired) electrons. The number of halogens is 1. The summed E-state index contributed by atoms with van der Waals surface area (Å²) in [4.78, 5) is 0. The molecule has 66 valence electrons. The molecule has 11 heavy (non-hydrogen) atoms. The van der Waals surface area contributed by atoms with E-state index in [1.165, 1.54) is 0 Å². The standard InChI is InChI=1S/C8H15ClO2/c9-3-1-4-10-6-8-2-5-11-7-8/h8H,1-7H2. The Bertz CT molecular complexity index is 92.1. The van der Waals surface area contributed by atoms with Crippen molar-refractivity contribution in [2.45, 2.75) is 12.8 Å². The van der Waals surface area contributed by atoms with Crippen LogP contribution >= 0.6 is 11.6 Å². The normalized spacial score (nSPS) is 24.3. The maximum atomic E-state index is 5.49. The molecular weight excluding hydrogens is 164 g/mol. The molecule has 1 heterocycles. The smallest absolute Gasteiger partial charge is 0.0517 e. The lowest BCUT2D eigenvalue weighted by Crippen LogP contribution is -2.09. The van der Waals surface area contributed by atoms with Crippen LogP contribution in [0.5, 0.6) is 0 Å². The van der Waals surface area contributed by atoms with Crippen LogP contribution in [0.2, 0.25) is 0 Å². The quantitative estimate of drug-likeness (QED) is 0.471. The highest BCUT2D eigenvalue weighted by molar-refractivity contribution is 6.17. The third kappa shape index (κ3) is 3.94. The van der Waals surface area contributed by atoms with Gasteiger partial charge in [0.05, 0.1) is 13.2 Å². The molecule has 0 aliphatic carbocycles. The fraction of sp³-hybridized carbons (Fsp3) is 1.00. The largest absolute Gasteiger partial charge is 0.381 e. The Labute approximate surface area is 72.8 Å². The van der Waals surface area contributed by atoms with E-state index in [-0.39, 0.29) is 0 Å². The SMILES string of the molecule is ClCCCOCC1CCOC1. The van der Waals surface area contributed by atoms with E-state index < -0.39 is 0 Å². The molecule has 1 aliphatic heterocycles. The molecule has 1 aliphatic rings. The lowest BCUT2D eigenvalue weighted by atomic mass is 10.1. The summed E-state index contributed by atoms with van der Waals surface area (Å²) in [7, 11) is 0. The molecule has 1 saturated heterocycles. The predicted molar refractivity (Wildman–Crippen MR) is 45.1 cm³/mol. The Morgan fingerprint density at radius 3 is 3.09 bits per heavy atom. The van der Waals surface area contributed by atoms with Crippen LogP contribution in [0.4, 0.5) is 0 Å². The Balaban J connectivity index is 1.86. The van der Waals surface area contributed by atoms with E-state index in [0.29, 0.717) is 11.8 Å². The maximum absolute atomic E-state index is 5.49. The Hall–Kier alpha value is 0.210. The van der Waals surface area contributed by atoms with E-state index in [9.17, 15) is 0 Å². The first-order valence-corrected chi connectivity index (χ1v) is 4.68. The fourth-order valence-electron chi connectivity index (χ4n) is 1.12. The highest BCUT2D eigenvalue weighted by atomic mass is 35.5. The summed E-state index contributed by atoms with van der Waals surface area (Å²) in [5.41, 5.74) is 0. The van der Waals surface area contributed by atoms with E-state index >= 15 is 0 Å². The fourth-order valence-corrected chi connectivity index (χ4v) is 1.23. The highest BCUT2D eigenvalue weighted by Gasteiger charge is 2.14. The number of alkyl halides is 1. The van der Waals surface area contributed by atoms with Crippen LogP contribution in [0.1, 0.15) is 12.8 Å². The second-order valence-corrected chi connectivity index (χ2v) is 3.23. The first kappa shape index (κ1) is 9.30. The van der Waals surface area contributed by atoms with Crippen molar-refractivity contribution >= 4 is 11.6 Å². The molecule has 1 atom stereocenters. The molecule has 0 aromatic carbocycles. The van der Waals surface area contributed by atoms with E-state index in [2.05, 4.69) is 0 Å². The van der Waals surface area contributed by atoms with Crippen LogP contribution in [-0.4, -0.2) is 32.3 Å². The van der Waals surface area contributed by atoms with Gasteiger partial charge in [-0.25, -0.2) is 0 Å². The third-order valence-corrected chi connectivity index (χ3v) is 2.07. The summed E-state index contributed by atoms with van der Waals surface area (Å²) < 4.78 is 10.6. The summed E-state index contributed by atoms with van der Waals surface area (Å²) in [6.07, 6.45) is 2.11. The van der Waals surface area contributed by atoms with E-state index in [1.807, 2.05) is 0 Å². The van der Waals surface area contributed by atoms with Crippen LogP contribution < -0.4 is 0 Å². The van der Waals surface area contributed by atoms with Gasteiger partial charge in [0.25, 0.3) is 0 Å². The first-order chi connectivity index (χ1) is 5.43. The third-order valence-electron chi connectivity index (χ3n) is 1.80. The van der Waals surface area contributed by atoms with Crippen molar-refractivity contribution in [3.63, 3.8) is 0 Å². The predicted octanol–water partition coefficient (Wildman–Crippen LogP) is 1.67. The molecule has 1 fully saturated rings. The average Bonchev–Trinajstić information content (AvgIpc) is 2.50. The Morgan fingerprint density at radius 1 is 1.55 bits per heavy atom. The van der Waals surface area contributed by atoms with Crippen LogP contribution in [0, 0.1) is 5.92 Å². The molecule has 0 aromatic heterocycles. The zero-order chi connectivity index (χ0) is 7.94. The zero-order valence-electron chi connectivity index (χ0n) is 6.72. The molecule has 0 spiro atoms. The second-order valence-electron chi connectivity index (χ2n) is 2.85. The van der Waals surface area contributed by atoms with E-state index in [0.717, 1.165) is 39.3 Å². The van der Waals surface area contributed by atoms with Gasteiger partial charge in [0.2, 0.25) is 0 Å². The lowest BCUT2D eigenvalue weighted by molar-refractivity contribution is 0.0906. The summed E-state index contributed by atoms with van der Waals surface area (Å²) >= 11 is 5.49. The van der Waals surface area contributed by atoms with Crippen molar-refractivity contribution in [3.8, 4) is 0 Å². The lowest BCUT2D eigenvalue weighted by Gasteiger charge is -2.07. The van der Waals surface area contributed by atoms with Crippen molar-refractivity contribution in [2.24, 2.45) is 5.92 Å².